The highest BCUT2D eigenvalue weighted by Gasteiger charge is 2.08. The third-order valence-corrected chi connectivity index (χ3v) is 2.69. The van der Waals surface area contributed by atoms with Crippen molar-refractivity contribution in [2.75, 3.05) is 23.9 Å². The summed E-state index contributed by atoms with van der Waals surface area (Å²) in [4.78, 5) is 21.8. The molecule has 5 nitrogen and oxygen atoms in total. The first-order valence-electron chi connectivity index (χ1n) is 5.88. The zero-order valence-corrected chi connectivity index (χ0v) is 12.2. The molecule has 0 saturated carbocycles. The maximum Gasteiger partial charge on any atom is 0.344 e. The largest absolute Gasteiger partial charge is 0.480 e. The summed E-state index contributed by atoms with van der Waals surface area (Å²) in [5, 5.41) is 3.39. The van der Waals surface area contributed by atoms with Gasteiger partial charge in [0.15, 0.2) is 6.61 Å². The lowest BCUT2D eigenvalue weighted by Gasteiger charge is -2.11. The minimum Gasteiger partial charge on any atom is -0.480 e. The van der Waals surface area contributed by atoms with Gasteiger partial charge in [0.1, 0.15) is 5.75 Å². The summed E-state index contributed by atoms with van der Waals surface area (Å²) in [7, 11) is 0. The Morgan fingerprint density at radius 2 is 2.26 bits per heavy atom. The van der Waals surface area contributed by atoms with Gasteiger partial charge in [0.25, 0.3) is 0 Å². The van der Waals surface area contributed by atoms with Crippen LogP contribution in [-0.4, -0.2) is 30.9 Å². The highest BCUT2D eigenvalue weighted by Crippen LogP contribution is 2.25. The maximum atomic E-state index is 11.2. The average molecular weight is 330 g/mol. The number of aryl methyl sites for hydroxylation is 1. The molecule has 0 bridgehead atoms. The van der Waals surface area contributed by atoms with Crippen molar-refractivity contribution in [2.45, 2.75) is 13.3 Å². The number of anilines is 1. The van der Waals surface area contributed by atoms with Crippen LogP contribution in [0.15, 0.2) is 18.2 Å². The monoisotopic (exact) mass is 329 g/mol. The number of nitrogens with one attached hydrogen (secondary N) is 1. The van der Waals surface area contributed by atoms with Crippen molar-refractivity contribution < 1.29 is 19.1 Å². The summed E-state index contributed by atoms with van der Waals surface area (Å²) in [5.74, 6) is 0.00237. The quantitative estimate of drug-likeness (QED) is 0.451. The molecule has 0 fully saturated rings. The van der Waals surface area contributed by atoms with Gasteiger partial charge < -0.3 is 14.8 Å². The number of hydrogen-bond donors (Lipinski definition) is 1. The molecule has 0 spiro atoms. The first kappa shape index (κ1) is 15.5. The molecule has 0 aliphatic rings. The van der Waals surface area contributed by atoms with Crippen LogP contribution in [0.5, 0.6) is 5.75 Å². The van der Waals surface area contributed by atoms with Gasteiger partial charge in [-0.25, -0.2) is 4.79 Å². The fourth-order valence-electron chi connectivity index (χ4n) is 1.48. The Balaban J connectivity index is 2.75. The van der Waals surface area contributed by atoms with Gasteiger partial charge in [-0.15, -0.1) is 0 Å². The van der Waals surface area contributed by atoms with E-state index in [9.17, 15) is 9.59 Å². The van der Waals surface area contributed by atoms with Crippen molar-refractivity contribution >= 4 is 34.0 Å². The molecule has 6 heteroatoms. The third kappa shape index (κ3) is 5.30. The number of carbonyl (C=O) groups excluding carboxylic acids is 2. The van der Waals surface area contributed by atoms with E-state index < -0.39 is 5.97 Å². The van der Waals surface area contributed by atoms with Crippen LogP contribution in [0.4, 0.5) is 5.69 Å². The van der Waals surface area contributed by atoms with Crippen LogP contribution >= 0.6 is 15.9 Å². The summed E-state index contributed by atoms with van der Waals surface area (Å²) < 4.78 is 10.1. The molecule has 0 radical (unpaired) electrons. The van der Waals surface area contributed by atoms with Crippen LogP contribution in [0, 0.1) is 0 Å². The van der Waals surface area contributed by atoms with E-state index in [0.717, 1.165) is 17.3 Å². The Labute approximate surface area is 120 Å². The number of alkyl halides is 1. The number of amides is 1. The van der Waals surface area contributed by atoms with Gasteiger partial charge in [-0.05, 0) is 31.0 Å². The predicted octanol–water partition coefficient (Wildman–Crippen LogP) is 2.13. The molecule has 0 unspecified atom stereocenters. The average Bonchev–Trinajstić information content (AvgIpc) is 2.39. The molecule has 1 aromatic carbocycles. The summed E-state index contributed by atoms with van der Waals surface area (Å²) in [6.07, 6.45) is 1.41. The molecule has 0 aliphatic carbocycles. The van der Waals surface area contributed by atoms with Crippen LogP contribution in [0.1, 0.15) is 12.5 Å². The first-order chi connectivity index (χ1) is 9.21. The lowest BCUT2D eigenvalue weighted by atomic mass is 10.1. The van der Waals surface area contributed by atoms with Gasteiger partial charge in [0.05, 0.1) is 12.3 Å². The molecule has 0 heterocycles. The third-order valence-electron chi connectivity index (χ3n) is 2.29. The van der Waals surface area contributed by atoms with Gasteiger partial charge in [0.2, 0.25) is 6.41 Å². The van der Waals surface area contributed by atoms with Crippen LogP contribution in [-0.2, 0) is 20.7 Å². The molecule has 1 amide bonds. The second-order valence-corrected chi connectivity index (χ2v) is 4.42. The van der Waals surface area contributed by atoms with Gasteiger partial charge >= 0.3 is 5.97 Å². The Bertz CT molecular complexity index is 437. The minimum atomic E-state index is -0.441. The van der Waals surface area contributed by atoms with Crippen LogP contribution in [0.2, 0.25) is 0 Å². The molecule has 0 atom stereocenters. The standard InChI is InChI=1S/C13H16BrNO4/c1-2-18-13(17)8-19-12-4-3-10(5-6-14)7-11(12)15-9-16/h3-4,7,9H,2,5-6,8H2,1H3,(H,15,16). The van der Waals surface area contributed by atoms with Crippen molar-refractivity contribution in [1.29, 1.82) is 0 Å². The van der Waals surface area contributed by atoms with E-state index in [1.165, 1.54) is 0 Å². The first-order valence-corrected chi connectivity index (χ1v) is 7.01. The number of hydrogen-bond acceptors (Lipinski definition) is 4. The number of halogens is 1. The SMILES string of the molecule is CCOC(=O)COc1ccc(CCBr)cc1NC=O. The zero-order valence-electron chi connectivity index (χ0n) is 10.6. The van der Waals surface area contributed by atoms with Crippen LogP contribution < -0.4 is 10.1 Å². The lowest BCUT2D eigenvalue weighted by molar-refractivity contribution is -0.145. The highest BCUT2D eigenvalue weighted by molar-refractivity contribution is 9.09. The smallest absolute Gasteiger partial charge is 0.344 e. The summed E-state index contributed by atoms with van der Waals surface area (Å²) >= 11 is 3.35. The molecular formula is C13H16BrNO4. The van der Waals surface area contributed by atoms with Gasteiger partial charge in [0, 0.05) is 5.33 Å². The van der Waals surface area contributed by atoms with E-state index in [1.807, 2.05) is 12.1 Å². The Morgan fingerprint density at radius 1 is 1.47 bits per heavy atom. The van der Waals surface area contributed by atoms with E-state index in [-0.39, 0.29) is 6.61 Å². The van der Waals surface area contributed by atoms with Crippen LogP contribution in [0.3, 0.4) is 0 Å². The Kier molecular flexibility index (Phi) is 6.95. The fraction of sp³-hybridized carbons (Fsp3) is 0.385. The predicted molar refractivity (Wildman–Crippen MR) is 75.8 cm³/mol. The van der Waals surface area contributed by atoms with Crippen molar-refractivity contribution in [3.8, 4) is 5.75 Å². The molecular weight excluding hydrogens is 314 g/mol. The van der Waals surface area contributed by atoms with E-state index in [4.69, 9.17) is 9.47 Å². The molecule has 104 valence electrons. The van der Waals surface area contributed by atoms with E-state index >= 15 is 0 Å². The topological polar surface area (TPSA) is 64.6 Å². The minimum absolute atomic E-state index is 0.181. The van der Waals surface area contributed by atoms with Crippen LogP contribution in [0.25, 0.3) is 0 Å². The Morgan fingerprint density at radius 3 is 2.89 bits per heavy atom. The maximum absolute atomic E-state index is 11.2. The summed E-state index contributed by atoms with van der Waals surface area (Å²) in [6.45, 7) is 1.86. The van der Waals surface area contributed by atoms with Gasteiger partial charge in [-0.3, -0.25) is 4.79 Å². The number of benzene rings is 1. The number of esters is 1. The van der Waals surface area contributed by atoms with Crippen molar-refractivity contribution in [2.24, 2.45) is 0 Å². The molecule has 0 aromatic heterocycles. The number of rotatable bonds is 8. The van der Waals surface area contributed by atoms with Gasteiger partial charge in [-0.1, -0.05) is 22.0 Å². The normalized spacial score (nSPS) is 9.79. The fourth-order valence-corrected chi connectivity index (χ4v) is 1.94. The second kappa shape index (κ2) is 8.53. The van der Waals surface area contributed by atoms with Gasteiger partial charge in [-0.2, -0.15) is 0 Å². The highest BCUT2D eigenvalue weighted by atomic mass is 79.9. The summed E-state index contributed by atoms with van der Waals surface area (Å²) in [5.41, 5.74) is 1.60. The molecule has 1 N–H and O–H groups in total. The molecule has 19 heavy (non-hydrogen) atoms. The van der Waals surface area contributed by atoms with Crippen molar-refractivity contribution in [1.82, 2.24) is 0 Å². The van der Waals surface area contributed by atoms with E-state index in [1.54, 1.807) is 13.0 Å². The number of ether oxygens (including phenoxy) is 2. The van der Waals surface area contributed by atoms with Crippen molar-refractivity contribution in [3.63, 3.8) is 0 Å². The number of carbonyl (C=O) groups is 2. The van der Waals surface area contributed by atoms with E-state index in [0.29, 0.717) is 24.5 Å². The zero-order chi connectivity index (χ0) is 14.1. The second-order valence-electron chi connectivity index (χ2n) is 3.63. The molecule has 0 saturated heterocycles. The molecule has 1 rings (SSSR count). The lowest BCUT2D eigenvalue weighted by Crippen LogP contribution is -2.15. The molecule has 0 aliphatic heterocycles. The Hall–Kier alpha value is -1.56. The molecule has 1 aromatic rings. The van der Waals surface area contributed by atoms with Crippen molar-refractivity contribution in [3.05, 3.63) is 23.8 Å². The summed E-state index contributed by atoms with van der Waals surface area (Å²) in [6, 6.07) is 5.43. The van der Waals surface area contributed by atoms with E-state index in [2.05, 4.69) is 21.2 Å².